The largest absolute Gasteiger partial charge is 0.311 e. The second kappa shape index (κ2) is 8.92. The van der Waals surface area contributed by atoms with Crippen molar-refractivity contribution in [2.45, 2.75) is 25.5 Å². The van der Waals surface area contributed by atoms with Gasteiger partial charge in [0.25, 0.3) is 5.56 Å². The van der Waals surface area contributed by atoms with Crippen LogP contribution in [-0.4, -0.2) is 28.2 Å². The molecule has 5 nitrogen and oxygen atoms in total. The first-order chi connectivity index (χ1) is 15.6. The number of anilines is 1. The van der Waals surface area contributed by atoms with E-state index in [2.05, 4.69) is 35.1 Å². The lowest BCUT2D eigenvalue weighted by Gasteiger charge is -2.29. The Kier molecular flexibility index (Phi) is 5.85. The Bertz CT molecular complexity index is 1340. The lowest BCUT2D eigenvalue weighted by atomic mass is 10.00. The van der Waals surface area contributed by atoms with E-state index in [-0.39, 0.29) is 11.5 Å². The van der Waals surface area contributed by atoms with Crippen LogP contribution in [0.2, 0.25) is 0 Å². The van der Waals surface area contributed by atoms with E-state index < -0.39 is 0 Å². The highest BCUT2D eigenvalue weighted by Crippen LogP contribution is 2.31. The number of nitrogens with one attached hydrogen (secondary N) is 1. The lowest BCUT2D eigenvalue weighted by Crippen LogP contribution is -2.36. The Hall–Kier alpha value is -2.90. The van der Waals surface area contributed by atoms with Gasteiger partial charge in [0.05, 0.1) is 16.9 Å². The van der Waals surface area contributed by atoms with Crippen LogP contribution >= 0.6 is 23.1 Å². The standard InChI is InChI=1S/C25H23N3O2S2/c1-16-9-10-20-18(12-16)8-5-11-28(20)22(29)15-31-14-21-26-24(30)23-19(13-32-25(23)27-21)17-6-3-2-4-7-17/h2-4,6-7,9-10,12-13H,5,8,11,14-15H2,1H3,(H,26,27,30). The van der Waals surface area contributed by atoms with E-state index in [1.165, 1.54) is 34.2 Å². The number of benzene rings is 2. The molecule has 1 N–H and O–H groups in total. The number of fused-ring (bicyclic) bond motifs is 2. The highest BCUT2D eigenvalue weighted by molar-refractivity contribution is 7.99. The Morgan fingerprint density at radius 1 is 1.22 bits per heavy atom. The summed E-state index contributed by atoms with van der Waals surface area (Å²) in [4.78, 5) is 35.9. The number of H-pyrrole nitrogens is 1. The predicted octanol–water partition coefficient (Wildman–Crippen LogP) is 5.17. The van der Waals surface area contributed by atoms with Gasteiger partial charge < -0.3 is 9.88 Å². The molecule has 0 radical (unpaired) electrons. The summed E-state index contributed by atoms with van der Waals surface area (Å²) >= 11 is 2.96. The number of nitrogens with zero attached hydrogens (tertiary/aromatic N) is 2. The van der Waals surface area contributed by atoms with Crippen molar-refractivity contribution in [1.82, 2.24) is 9.97 Å². The molecule has 2 aromatic heterocycles. The Morgan fingerprint density at radius 2 is 2.06 bits per heavy atom. The smallest absolute Gasteiger partial charge is 0.260 e. The van der Waals surface area contributed by atoms with Crippen molar-refractivity contribution in [2.24, 2.45) is 0 Å². The first kappa shape index (κ1) is 21.0. The number of aryl methyl sites for hydroxylation is 2. The third kappa shape index (κ3) is 4.10. The summed E-state index contributed by atoms with van der Waals surface area (Å²) in [7, 11) is 0. The zero-order chi connectivity index (χ0) is 22.1. The molecule has 7 heteroatoms. The van der Waals surface area contributed by atoms with E-state index in [9.17, 15) is 9.59 Å². The summed E-state index contributed by atoms with van der Waals surface area (Å²) in [6, 6.07) is 16.2. The fourth-order valence-corrected chi connectivity index (χ4v) is 5.92. The maximum atomic E-state index is 12.9. The van der Waals surface area contributed by atoms with Crippen molar-refractivity contribution in [2.75, 3.05) is 17.2 Å². The highest BCUT2D eigenvalue weighted by atomic mass is 32.2. The molecule has 0 fully saturated rings. The van der Waals surface area contributed by atoms with Crippen LogP contribution in [0.1, 0.15) is 23.4 Å². The highest BCUT2D eigenvalue weighted by Gasteiger charge is 2.22. The number of carbonyl (C=O) groups is 1. The summed E-state index contributed by atoms with van der Waals surface area (Å²) in [5, 5.41) is 2.62. The first-order valence-corrected chi connectivity index (χ1v) is 12.7. The molecule has 2 aromatic carbocycles. The minimum atomic E-state index is -0.127. The molecule has 0 spiro atoms. The van der Waals surface area contributed by atoms with Crippen LogP contribution in [0.5, 0.6) is 0 Å². The fourth-order valence-electron chi connectivity index (χ4n) is 4.19. The van der Waals surface area contributed by atoms with Crippen LogP contribution in [0.15, 0.2) is 58.7 Å². The van der Waals surface area contributed by atoms with Gasteiger partial charge >= 0.3 is 0 Å². The van der Waals surface area contributed by atoms with Crippen molar-refractivity contribution in [1.29, 1.82) is 0 Å². The Labute approximate surface area is 194 Å². The topological polar surface area (TPSA) is 66.1 Å². The zero-order valence-corrected chi connectivity index (χ0v) is 19.4. The van der Waals surface area contributed by atoms with E-state index in [1.54, 1.807) is 0 Å². The van der Waals surface area contributed by atoms with Gasteiger partial charge in [-0.25, -0.2) is 4.98 Å². The molecule has 5 rings (SSSR count). The van der Waals surface area contributed by atoms with Crippen molar-refractivity contribution in [3.63, 3.8) is 0 Å². The Balaban J connectivity index is 1.28. The molecule has 0 atom stereocenters. The summed E-state index contributed by atoms with van der Waals surface area (Å²) in [5.74, 6) is 1.56. The van der Waals surface area contributed by atoms with Crippen molar-refractivity contribution >= 4 is 44.9 Å². The molecule has 1 aliphatic heterocycles. The third-order valence-corrected chi connectivity index (χ3v) is 7.50. The van der Waals surface area contributed by atoms with Gasteiger partial charge in [0.2, 0.25) is 5.91 Å². The number of thiophene rings is 1. The normalized spacial score (nSPS) is 13.3. The van der Waals surface area contributed by atoms with Gasteiger partial charge in [-0.05, 0) is 37.0 Å². The minimum Gasteiger partial charge on any atom is -0.311 e. The number of carbonyl (C=O) groups excluding carboxylic acids is 1. The van der Waals surface area contributed by atoms with Gasteiger partial charge in [0.15, 0.2) is 0 Å². The monoisotopic (exact) mass is 461 g/mol. The Morgan fingerprint density at radius 3 is 2.91 bits per heavy atom. The molecule has 1 amide bonds. The third-order valence-electron chi connectivity index (χ3n) is 5.70. The maximum Gasteiger partial charge on any atom is 0.260 e. The van der Waals surface area contributed by atoms with Crippen LogP contribution in [0.4, 0.5) is 5.69 Å². The lowest BCUT2D eigenvalue weighted by molar-refractivity contribution is -0.116. The van der Waals surface area contributed by atoms with Crippen molar-refractivity contribution < 1.29 is 4.79 Å². The number of hydrogen-bond acceptors (Lipinski definition) is 5. The van der Waals surface area contributed by atoms with Crippen LogP contribution in [-0.2, 0) is 17.0 Å². The molecule has 0 saturated heterocycles. The first-order valence-electron chi connectivity index (χ1n) is 10.6. The predicted molar refractivity (Wildman–Crippen MR) is 134 cm³/mol. The quantitative estimate of drug-likeness (QED) is 0.445. The second-order valence-electron chi connectivity index (χ2n) is 7.98. The van der Waals surface area contributed by atoms with Crippen LogP contribution in [0.25, 0.3) is 21.3 Å². The molecule has 32 heavy (non-hydrogen) atoms. The van der Waals surface area contributed by atoms with Gasteiger partial charge in [-0.2, -0.15) is 0 Å². The van der Waals surface area contributed by atoms with Gasteiger partial charge in [-0.15, -0.1) is 23.1 Å². The second-order valence-corrected chi connectivity index (χ2v) is 9.83. The van der Waals surface area contributed by atoms with E-state index >= 15 is 0 Å². The van der Waals surface area contributed by atoms with E-state index in [1.807, 2.05) is 40.6 Å². The van der Waals surface area contributed by atoms with Crippen molar-refractivity contribution in [3.8, 4) is 11.1 Å². The summed E-state index contributed by atoms with van der Waals surface area (Å²) in [6.07, 6.45) is 2.01. The van der Waals surface area contributed by atoms with E-state index in [4.69, 9.17) is 0 Å². The number of rotatable bonds is 5. The molecule has 0 unspecified atom stereocenters. The van der Waals surface area contributed by atoms with Gasteiger partial charge in [-0.3, -0.25) is 9.59 Å². The molecule has 0 bridgehead atoms. The molecule has 0 aliphatic carbocycles. The molecule has 162 valence electrons. The van der Waals surface area contributed by atoms with Gasteiger partial charge in [-0.1, -0.05) is 48.0 Å². The van der Waals surface area contributed by atoms with Gasteiger partial charge in [0.1, 0.15) is 10.7 Å². The van der Waals surface area contributed by atoms with E-state index in [0.717, 1.165) is 41.0 Å². The van der Waals surface area contributed by atoms with Crippen molar-refractivity contribution in [3.05, 3.63) is 81.2 Å². The number of aromatic nitrogens is 2. The number of amides is 1. The molecule has 3 heterocycles. The minimum absolute atomic E-state index is 0.103. The number of thioether (sulfide) groups is 1. The number of hydrogen-bond donors (Lipinski definition) is 1. The molecular weight excluding hydrogens is 438 g/mol. The average Bonchev–Trinajstić information content (AvgIpc) is 3.23. The summed E-state index contributed by atoms with van der Waals surface area (Å²) < 4.78 is 0. The molecular formula is C25H23N3O2S2. The zero-order valence-electron chi connectivity index (χ0n) is 17.8. The average molecular weight is 462 g/mol. The summed E-state index contributed by atoms with van der Waals surface area (Å²) in [6.45, 7) is 2.84. The maximum absolute atomic E-state index is 12.9. The number of aromatic amines is 1. The van der Waals surface area contributed by atoms with Gasteiger partial charge in [0, 0.05) is 23.2 Å². The molecule has 4 aromatic rings. The fraction of sp³-hybridized carbons (Fsp3) is 0.240. The summed E-state index contributed by atoms with van der Waals surface area (Å²) in [5.41, 5.74) is 5.30. The molecule has 0 saturated carbocycles. The van der Waals surface area contributed by atoms with E-state index in [0.29, 0.717) is 22.7 Å². The van der Waals surface area contributed by atoms with Crippen LogP contribution < -0.4 is 10.5 Å². The molecule has 1 aliphatic rings. The van der Waals surface area contributed by atoms with Crippen LogP contribution in [0.3, 0.4) is 0 Å². The SMILES string of the molecule is Cc1ccc2c(c1)CCCN2C(=O)CSCc1nc2scc(-c3ccccc3)c2c(=O)[nH]1. The van der Waals surface area contributed by atoms with Crippen LogP contribution in [0, 0.1) is 6.92 Å².